The van der Waals surface area contributed by atoms with Gasteiger partial charge in [-0.3, -0.25) is 9.59 Å². The predicted octanol–water partition coefficient (Wildman–Crippen LogP) is 1.24. The van der Waals surface area contributed by atoms with Crippen LogP contribution in [0.3, 0.4) is 0 Å². The van der Waals surface area contributed by atoms with Crippen LogP contribution in [0.25, 0.3) is 0 Å². The molecule has 0 saturated heterocycles. The monoisotopic (exact) mass is 201 g/mol. The number of rotatable bonds is 4. The van der Waals surface area contributed by atoms with Crippen LogP contribution in [-0.4, -0.2) is 23.5 Å². The first-order valence-corrected chi connectivity index (χ1v) is 4.77. The van der Waals surface area contributed by atoms with Crippen molar-refractivity contribution in [3.8, 4) is 0 Å². The summed E-state index contributed by atoms with van der Waals surface area (Å²) in [5.74, 6) is -0.700. The molecule has 0 heterocycles. The Kier molecular flexibility index (Phi) is 4.60. The number of amides is 1. The van der Waals surface area contributed by atoms with Gasteiger partial charge < -0.3 is 10.1 Å². The maximum atomic E-state index is 11.5. The molecule has 1 N–H and O–H groups in total. The topological polar surface area (TPSA) is 55.4 Å². The van der Waals surface area contributed by atoms with Crippen molar-refractivity contribution < 1.29 is 14.3 Å². The van der Waals surface area contributed by atoms with Crippen LogP contribution in [0.2, 0.25) is 0 Å². The third kappa shape index (κ3) is 4.84. The molecule has 1 unspecified atom stereocenters. The highest BCUT2D eigenvalue weighted by Gasteiger charge is 2.23. The average Bonchev–Trinajstić information content (AvgIpc) is 2.02. The number of carbonyl (C=O) groups excluding carboxylic acids is 2. The normalized spacial score (nSPS) is 13.2. The predicted molar refractivity (Wildman–Crippen MR) is 53.7 cm³/mol. The van der Waals surface area contributed by atoms with Crippen molar-refractivity contribution in [3.05, 3.63) is 0 Å². The van der Waals surface area contributed by atoms with Crippen molar-refractivity contribution in [1.29, 1.82) is 0 Å². The Labute approximate surface area is 85.0 Å². The number of hydrogen-bond donors (Lipinski definition) is 1. The lowest BCUT2D eigenvalue weighted by molar-refractivity contribution is -0.153. The fraction of sp³-hybridized carbons (Fsp3) is 0.800. The van der Waals surface area contributed by atoms with Gasteiger partial charge in [-0.25, -0.2) is 0 Å². The summed E-state index contributed by atoms with van der Waals surface area (Å²) in [6.07, 6.45) is 0.101. The number of nitrogens with one attached hydrogen (secondary N) is 1. The van der Waals surface area contributed by atoms with E-state index in [-0.39, 0.29) is 11.4 Å². The molecule has 0 aliphatic rings. The minimum Gasteiger partial charge on any atom is -0.453 e. The van der Waals surface area contributed by atoms with Crippen LogP contribution in [0.1, 0.15) is 41.0 Å². The van der Waals surface area contributed by atoms with Gasteiger partial charge in [0.05, 0.1) is 0 Å². The van der Waals surface area contributed by atoms with Gasteiger partial charge in [0.15, 0.2) is 6.10 Å². The van der Waals surface area contributed by atoms with Crippen molar-refractivity contribution in [2.75, 3.05) is 0 Å². The first-order valence-electron chi connectivity index (χ1n) is 4.77. The van der Waals surface area contributed by atoms with E-state index in [0.717, 1.165) is 6.42 Å². The molecule has 14 heavy (non-hydrogen) atoms. The number of hydrogen-bond acceptors (Lipinski definition) is 3. The molecule has 0 aromatic carbocycles. The zero-order chi connectivity index (χ0) is 11.4. The van der Waals surface area contributed by atoms with Crippen LogP contribution < -0.4 is 5.32 Å². The molecule has 1 atom stereocenters. The van der Waals surface area contributed by atoms with Gasteiger partial charge in [-0.1, -0.05) is 6.92 Å². The van der Waals surface area contributed by atoms with Crippen LogP contribution >= 0.6 is 0 Å². The Hall–Kier alpha value is -1.06. The van der Waals surface area contributed by atoms with E-state index in [1.807, 2.05) is 20.8 Å². The van der Waals surface area contributed by atoms with Gasteiger partial charge in [-0.2, -0.15) is 0 Å². The van der Waals surface area contributed by atoms with Gasteiger partial charge >= 0.3 is 5.97 Å². The van der Waals surface area contributed by atoms with E-state index in [9.17, 15) is 9.59 Å². The van der Waals surface area contributed by atoms with E-state index in [1.165, 1.54) is 6.92 Å². The minimum atomic E-state index is -0.724. The molecule has 0 saturated carbocycles. The average molecular weight is 201 g/mol. The van der Waals surface area contributed by atoms with Crippen LogP contribution in [0.4, 0.5) is 0 Å². The number of carbonyl (C=O) groups is 2. The van der Waals surface area contributed by atoms with Crippen LogP contribution in [0, 0.1) is 0 Å². The highest BCUT2D eigenvalue weighted by molar-refractivity contribution is 5.83. The first-order chi connectivity index (χ1) is 6.28. The van der Waals surface area contributed by atoms with Gasteiger partial charge in [-0.05, 0) is 27.2 Å². The summed E-state index contributed by atoms with van der Waals surface area (Å²) in [7, 11) is 0. The Morgan fingerprint density at radius 1 is 1.43 bits per heavy atom. The maximum Gasteiger partial charge on any atom is 0.303 e. The Bertz CT molecular complexity index is 223. The van der Waals surface area contributed by atoms with Crippen molar-refractivity contribution in [1.82, 2.24) is 5.32 Å². The van der Waals surface area contributed by atoms with Crippen LogP contribution in [-0.2, 0) is 14.3 Å². The number of esters is 1. The van der Waals surface area contributed by atoms with Gasteiger partial charge in [0.25, 0.3) is 5.91 Å². The molecule has 0 aromatic rings. The third-order valence-electron chi connectivity index (χ3n) is 2.06. The summed E-state index contributed by atoms with van der Waals surface area (Å²) in [6, 6.07) is 0. The van der Waals surface area contributed by atoms with Crippen molar-refractivity contribution in [2.24, 2.45) is 0 Å². The van der Waals surface area contributed by atoms with E-state index in [4.69, 9.17) is 4.74 Å². The van der Waals surface area contributed by atoms with Gasteiger partial charge in [-0.15, -0.1) is 0 Å². The molecular formula is C10H19NO3. The van der Waals surface area contributed by atoms with Crippen molar-refractivity contribution >= 4 is 11.9 Å². The van der Waals surface area contributed by atoms with Crippen LogP contribution in [0.15, 0.2) is 0 Å². The Morgan fingerprint density at radius 2 is 1.93 bits per heavy atom. The van der Waals surface area contributed by atoms with Gasteiger partial charge in [0.2, 0.25) is 0 Å². The van der Waals surface area contributed by atoms with E-state index >= 15 is 0 Å². The smallest absolute Gasteiger partial charge is 0.303 e. The summed E-state index contributed by atoms with van der Waals surface area (Å²) < 4.78 is 4.75. The standard InChI is InChI=1S/C10H19NO3/c1-6-10(4,5)11-9(13)7(2)14-8(3)12/h7H,6H2,1-5H3,(H,11,13). The molecule has 0 rings (SSSR count). The second kappa shape index (κ2) is 4.98. The van der Waals surface area contributed by atoms with E-state index in [0.29, 0.717) is 0 Å². The quantitative estimate of drug-likeness (QED) is 0.696. The summed E-state index contributed by atoms with van der Waals surface area (Å²) >= 11 is 0. The SMILES string of the molecule is CCC(C)(C)NC(=O)C(C)OC(C)=O. The largest absolute Gasteiger partial charge is 0.453 e. The molecule has 0 aliphatic heterocycles. The molecule has 1 amide bonds. The van der Waals surface area contributed by atoms with Crippen molar-refractivity contribution in [3.63, 3.8) is 0 Å². The Balaban J connectivity index is 4.14. The van der Waals surface area contributed by atoms with Gasteiger partial charge in [0.1, 0.15) is 0 Å². The summed E-state index contributed by atoms with van der Waals surface area (Å²) in [5, 5.41) is 2.79. The highest BCUT2D eigenvalue weighted by atomic mass is 16.5. The molecule has 0 fully saturated rings. The van der Waals surface area contributed by atoms with E-state index in [2.05, 4.69) is 5.32 Å². The zero-order valence-corrected chi connectivity index (χ0v) is 9.51. The summed E-state index contributed by atoms with van der Waals surface area (Å²) in [5.41, 5.74) is -0.258. The Morgan fingerprint density at radius 3 is 2.29 bits per heavy atom. The highest BCUT2D eigenvalue weighted by Crippen LogP contribution is 2.07. The molecule has 0 aromatic heterocycles. The molecule has 0 radical (unpaired) electrons. The fourth-order valence-electron chi connectivity index (χ4n) is 0.826. The summed E-state index contributed by atoms with van der Waals surface area (Å²) in [6.45, 7) is 8.67. The second-order valence-corrected chi connectivity index (χ2v) is 3.98. The molecular weight excluding hydrogens is 182 g/mol. The fourth-order valence-corrected chi connectivity index (χ4v) is 0.826. The van der Waals surface area contributed by atoms with E-state index < -0.39 is 12.1 Å². The third-order valence-corrected chi connectivity index (χ3v) is 2.06. The van der Waals surface area contributed by atoms with E-state index in [1.54, 1.807) is 6.92 Å². The first kappa shape index (κ1) is 12.9. The zero-order valence-electron chi connectivity index (χ0n) is 9.51. The minimum absolute atomic E-state index is 0.257. The lowest BCUT2D eigenvalue weighted by Gasteiger charge is -2.26. The van der Waals surface area contributed by atoms with Crippen molar-refractivity contribution in [2.45, 2.75) is 52.7 Å². The molecule has 0 aliphatic carbocycles. The molecule has 0 spiro atoms. The maximum absolute atomic E-state index is 11.5. The summed E-state index contributed by atoms with van der Waals surface area (Å²) in [4.78, 5) is 22.1. The number of ether oxygens (including phenoxy) is 1. The lowest BCUT2D eigenvalue weighted by atomic mass is 10.0. The molecule has 0 bridgehead atoms. The van der Waals surface area contributed by atoms with Crippen LogP contribution in [0.5, 0.6) is 0 Å². The lowest BCUT2D eigenvalue weighted by Crippen LogP contribution is -2.47. The van der Waals surface area contributed by atoms with Gasteiger partial charge in [0, 0.05) is 12.5 Å². The second-order valence-electron chi connectivity index (χ2n) is 3.98. The molecule has 4 heteroatoms. The molecule has 82 valence electrons. The molecule has 4 nitrogen and oxygen atoms in total.